The molecule has 3 N–H and O–H groups in total. The number of amides is 1. The molecule has 1 heterocycles. The highest BCUT2D eigenvalue weighted by atomic mass is 16.3. The second-order valence-electron chi connectivity index (χ2n) is 5.20. The van der Waals surface area contributed by atoms with Crippen LogP contribution in [0.5, 0.6) is 0 Å². The van der Waals surface area contributed by atoms with E-state index in [9.17, 15) is 15.0 Å². The molecule has 112 valence electrons. The van der Waals surface area contributed by atoms with Crippen molar-refractivity contribution >= 4 is 11.6 Å². The normalized spacial score (nSPS) is 22.0. The number of nitrogens with one attached hydrogen (secondary N) is 1. The van der Waals surface area contributed by atoms with Gasteiger partial charge in [-0.3, -0.25) is 9.69 Å². The highest BCUT2D eigenvalue weighted by Crippen LogP contribution is 2.14. The minimum atomic E-state index is -0.693. The quantitative estimate of drug-likeness (QED) is 0.725. The molecule has 0 spiro atoms. The largest absolute Gasteiger partial charge is 0.389 e. The molecule has 1 aromatic carbocycles. The molecule has 1 amide bonds. The Bertz CT molecular complexity index is 531. The summed E-state index contributed by atoms with van der Waals surface area (Å²) >= 11 is 0. The second-order valence-corrected chi connectivity index (χ2v) is 5.20. The fraction of sp³-hybridized carbons (Fsp3) is 0.467. The zero-order valence-corrected chi connectivity index (χ0v) is 11.7. The average Bonchev–Trinajstić information content (AvgIpc) is 2.78. The summed E-state index contributed by atoms with van der Waals surface area (Å²) in [6.07, 6.45) is -0.412. The van der Waals surface area contributed by atoms with Crippen LogP contribution in [0.3, 0.4) is 0 Å². The number of carbonyl (C=O) groups is 1. The van der Waals surface area contributed by atoms with Crippen molar-refractivity contribution in [1.29, 1.82) is 5.26 Å². The van der Waals surface area contributed by atoms with E-state index < -0.39 is 12.2 Å². The van der Waals surface area contributed by atoms with Gasteiger partial charge in [-0.15, -0.1) is 0 Å². The molecule has 21 heavy (non-hydrogen) atoms. The third-order valence-electron chi connectivity index (χ3n) is 3.53. The SMILES string of the molecule is N#Cc1ccccc1NC(=O)CCCN1CC(O)C(O)C1. The molecule has 1 aromatic rings. The maximum absolute atomic E-state index is 11.8. The number of likely N-dealkylation sites (tertiary alicyclic amines) is 1. The van der Waals surface area contributed by atoms with E-state index in [1.54, 1.807) is 24.3 Å². The Morgan fingerprint density at radius 1 is 1.33 bits per heavy atom. The van der Waals surface area contributed by atoms with Crippen molar-refractivity contribution in [2.24, 2.45) is 0 Å². The second kappa shape index (κ2) is 7.18. The first-order valence-corrected chi connectivity index (χ1v) is 6.97. The van der Waals surface area contributed by atoms with Gasteiger partial charge in [0.2, 0.25) is 5.91 Å². The topological polar surface area (TPSA) is 96.6 Å². The maximum atomic E-state index is 11.8. The van der Waals surface area contributed by atoms with Gasteiger partial charge in [-0.25, -0.2) is 0 Å². The fourth-order valence-electron chi connectivity index (χ4n) is 2.40. The molecule has 6 heteroatoms. The Morgan fingerprint density at radius 3 is 2.67 bits per heavy atom. The third-order valence-corrected chi connectivity index (χ3v) is 3.53. The Hall–Kier alpha value is -1.94. The fourth-order valence-corrected chi connectivity index (χ4v) is 2.40. The highest BCUT2D eigenvalue weighted by molar-refractivity contribution is 5.92. The van der Waals surface area contributed by atoms with Crippen molar-refractivity contribution in [3.8, 4) is 6.07 Å². The van der Waals surface area contributed by atoms with Crippen LogP contribution in [0.2, 0.25) is 0 Å². The van der Waals surface area contributed by atoms with Gasteiger partial charge >= 0.3 is 0 Å². The molecule has 0 radical (unpaired) electrons. The summed E-state index contributed by atoms with van der Waals surface area (Å²) in [7, 11) is 0. The maximum Gasteiger partial charge on any atom is 0.224 e. The van der Waals surface area contributed by atoms with Gasteiger partial charge in [-0.1, -0.05) is 12.1 Å². The Kier molecular flexibility index (Phi) is 5.28. The van der Waals surface area contributed by atoms with Crippen molar-refractivity contribution in [1.82, 2.24) is 4.90 Å². The van der Waals surface area contributed by atoms with E-state index in [1.165, 1.54) is 0 Å². The van der Waals surface area contributed by atoms with E-state index in [0.717, 1.165) is 0 Å². The number of β-amino-alcohol motifs (C(OH)–C–C–N with tert-alkyl or cyclic N) is 2. The standard InChI is InChI=1S/C15H19N3O3/c16-8-11-4-1-2-5-12(11)17-15(21)6-3-7-18-9-13(19)14(20)10-18/h1-2,4-5,13-14,19-20H,3,6-7,9-10H2,(H,17,21). The number of benzene rings is 1. The smallest absolute Gasteiger partial charge is 0.224 e. The number of carbonyl (C=O) groups excluding carboxylic acids is 1. The van der Waals surface area contributed by atoms with Crippen LogP contribution in [-0.2, 0) is 4.79 Å². The predicted molar refractivity (Wildman–Crippen MR) is 77.5 cm³/mol. The zero-order chi connectivity index (χ0) is 15.2. The molecule has 1 aliphatic heterocycles. The number of hydrogen-bond donors (Lipinski definition) is 3. The molecule has 0 bridgehead atoms. The summed E-state index contributed by atoms with van der Waals surface area (Å²) in [5.41, 5.74) is 0.966. The summed E-state index contributed by atoms with van der Waals surface area (Å²) in [4.78, 5) is 13.8. The monoisotopic (exact) mass is 289 g/mol. The molecular weight excluding hydrogens is 270 g/mol. The Labute approximate surface area is 123 Å². The summed E-state index contributed by atoms with van der Waals surface area (Å²) in [6.45, 7) is 1.54. The molecule has 6 nitrogen and oxygen atoms in total. The molecule has 0 aliphatic carbocycles. The van der Waals surface area contributed by atoms with Crippen molar-refractivity contribution in [2.45, 2.75) is 25.0 Å². The zero-order valence-electron chi connectivity index (χ0n) is 11.7. The lowest BCUT2D eigenvalue weighted by atomic mass is 10.2. The summed E-state index contributed by atoms with van der Waals surface area (Å²) in [5, 5.41) is 30.5. The average molecular weight is 289 g/mol. The van der Waals surface area contributed by atoms with Gasteiger partial charge in [0.15, 0.2) is 0 Å². The van der Waals surface area contributed by atoms with Crippen molar-refractivity contribution in [3.63, 3.8) is 0 Å². The lowest BCUT2D eigenvalue weighted by Crippen LogP contribution is -2.24. The predicted octanol–water partition coefficient (Wildman–Crippen LogP) is 0.314. The molecule has 1 fully saturated rings. The van der Waals surface area contributed by atoms with Gasteiger partial charge in [-0.2, -0.15) is 5.26 Å². The van der Waals surface area contributed by atoms with Crippen LogP contribution >= 0.6 is 0 Å². The van der Waals surface area contributed by atoms with E-state index in [-0.39, 0.29) is 5.91 Å². The number of aliphatic hydroxyl groups is 2. The van der Waals surface area contributed by atoms with E-state index in [1.807, 2.05) is 11.0 Å². The summed E-state index contributed by atoms with van der Waals surface area (Å²) in [6, 6.07) is 8.90. The van der Waals surface area contributed by atoms with E-state index in [4.69, 9.17) is 5.26 Å². The van der Waals surface area contributed by atoms with Gasteiger partial charge in [-0.05, 0) is 25.1 Å². The molecular formula is C15H19N3O3. The Morgan fingerprint density at radius 2 is 2.00 bits per heavy atom. The van der Waals surface area contributed by atoms with Gasteiger partial charge < -0.3 is 15.5 Å². The minimum Gasteiger partial charge on any atom is -0.389 e. The molecule has 0 saturated carbocycles. The molecule has 0 aromatic heterocycles. The van der Waals surface area contributed by atoms with Gasteiger partial charge in [0.1, 0.15) is 6.07 Å². The van der Waals surface area contributed by atoms with Crippen molar-refractivity contribution in [3.05, 3.63) is 29.8 Å². The number of anilines is 1. The molecule has 2 unspecified atom stereocenters. The number of nitriles is 1. The van der Waals surface area contributed by atoms with E-state index >= 15 is 0 Å². The number of hydrogen-bond acceptors (Lipinski definition) is 5. The van der Waals surface area contributed by atoms with Crippen LogP contribution < -0.4 is 5.32 Å². The number of aliphatic hydroxyl groups excluding tert-OH is 2. The molecule has 1 aliphatic rings. The van der Waals surface area contributed by atoms with E-state index in [0.29, 0.717) is 43.7 Å². The first kappa shape index (κ1) is 15.4. The number of nitrogens with zero attached hydrogens (tertiary/aromatic N) is 2. The summed E-state index contributed by atoms with van der Waals surface area (Å²) < 4.78 is 0. The van der Waals surface area contributed by atoms with Crippen LogP contribution in [0.1, 0.15) is 18.4 Å². The third kappa shape index (κ3) is 4.26. The first-order valence-electron chi connectivity index (χ1n) is 6.97. The van der Waals surface area contributed by atoms with Crippen LogP contribution in [0, 0.1) is 11.3 Å². The van der Waals surface area contributed by atoms with Crippen LogP contribution in [0.15, 0.2) is 24.3 Å². The highest BCUT2D eigenvalue weighted by Gasteiger charge is 2.28. The van der Waals surface area contributed by atoms with Crippen molar-refractivity contribution in [2.75, 3.05) is 25.0 Å². The lowest BCUT2D eigenvalue weighted by molar-refractivity contribution is -0.116. The van der Waals surface area contributed by atoms with Crippen molar-refractivity contribution < 1.29 is 15.0 Å². The number of rotatable bonds is 5. The Balaban J connectivity index is 1.74. The number of para-hydroxylation sites is 1. The van der Waals surface area contributed by atoms with Gasteiger partial charge in [0, 0.05) is 19.5 Å². The summed E-state index contributed by atoms with van der Waals surface area (Å²) in [5.74, 6) is -0.141. The van der Waals surface area contributed by atoms with Gasteiger partial charge in [0.05, 0.1) is 23.5 Å². The molecule has 1 saturated heterocycles. The van der Waals surface area contributed by atoms with Crippen LogP contribution in [-0.4, -0.2) is 52.9 Å². The van der Waals surface area contributed by atoms with Crippen LogP contribution in [0.25, 0.3) is 0 Å². The van der Waals surface area contributed by atoms with E-state index in [2.05, 4.69) is 5.32 Å². The molecule has 2 atom stereocenters. The first-order chi connectivity index (χ1) is 10.1. The van der Waals surface area contributed by atoms with Crippen LogP contribution in [0.4, 0.5) is 5.69 Å². The lowest BCUT2D eigenvalue weighted by Gasteiger charge is -2.14. The minimum absolute atomic E-state index is 0.141. The molecule has 2 rings (SSSR count). The van der Waals surface area contributed by atoms with Gasteiger partial charge in [0.25, 0.3) is 0 Å².